The first kappa shape index (κ1) is 25.1. The van der Waals surface area contributed by atoms with E-state index in [4.69, 9.17) is 32.7 Å². The number of ether oxygens (including phenoxy) is 2. The van der Waals surface area contributed by atoms with Crippen LogP contribution in [-0.4, -0.2) is 13.0 Å². The summed E-state index contributed by atoms with van der Waals surface area (Å²) in [6, 6.07) is 17.4. The Kier molecular flexibility index (Phi) is 8.81. The van der Waals surface area contributed by atoms with Crippen LogP contribution < -0.4 is 14.8 Å². The average Bonchev–Trinajstić information content (AvgIpc) is 2.78. The monoisotopic (exact) mass is 608 g/mol. The van der Waals surface area contributed by atoms with E-state index in [9.17, 15) is 10.1 Å². The quantitative estimate of drug-likeness (QED) is 0.220. The molecule has 0 atom stereocenters. The molecule has 0 unspecified atom stereocenters. The van der Waals surface area contributed by atoms with Crippen LogP contribution in [0.15, 0.2) is 69.1 Å². The lowest BCUT2D eigenvalue weighted by Crippen LogP contribution is -2.13. The van der Waals surface area contributed by atoms with Gasteiger partial charge in [0.1, 0.15) is 29.7 Å². The molecule has 0 saturated carbocycles. The Morgan fingerprint density at radius 1 is 1.12 bits per heavy atom. The van der Waals surface area contributed by atoms with Crippen LogP contribution in [0.5, 0.6) is 11.5 Å². The Morgan fingerprint density at radius 2 is 1.85 bits per heavy atom. The van der Waals surface area contributed by atoms with Gasteiger partial charge in [0, 0.05) is 31.3 Å². The van der Waals surface area contributed by atoms with Crippen molar-refractivity contribution in [2.75, 3.05) is 12.4 Å². The second-order valence-electron chi connectivity index (χ2n) is 6.68. The highest BCUT2D eigenvalue weighted by molar-refractivity contribution is 9.11. The molecule has 0 aliphatic heterocycles. The molecule has 5 nitrogen and oxygen atoms in total. The van der Waals surface area contributed by atoms with Crippen LogP contribution in [-0.2, 0) is 11.4 Å². The van der Waals surface area contributed by atoms with Gasteiger partial charge in [0.25, 0.3) is 5.91 Å². The maximum atomic E-state index is 12.7. The average molecular weight is 611 g/mol. The predicted molar refractivity (Wildman–Crippen MR) is 138 cm³/mol. The molecule has 3 aromatic rings. The van der Waals surface area contributed by atoms with E-state index in [1.807, 2.05) is 6.07 Å². The molecule has 33 heavy (non-hydrogen) atoms. The summed E-state index contributed by atoms with van der Waals surface area (Å²) in [6.45, 7) is 0.164. The summed E-state index contributed by atoms with van der Waals surface area (Å²) in [5.41, 5.74) is 1.71. The van der Waals surface area contributed by atoms with E-state index in [1.54, 1.807) is 61.7 Å². The minimum atomic E-state index is -0.550. The normalized spacial score (nSPS) is 11.0. The number of nitrogens with zero attached hydrogens (tertiary/aromatic N) is 1. The number of methoxy groups -OCH3 is 1. The molecule has 1 N–H and O–H groups in total. The fourth-order valence-electron chi connectivity index (χ4n) is 2.81. The van der Waals surface area contributed by atoms with E-state index < -0.39 is 5.91 Å². The van der Waals surface area contributed by atoms with E-state index in [-0.39, 0.29) is 12.2 Å². The molecular formula is C24H16Br2Cl2N2O3. The van der Waals surface area contributed by atoms with E-state index in [0.29, 0.717) is 37.3 Å². The molecule has 9 heteroatoms. The standard InChI is InChI=1S/C24H16Br2Cl2N2O3/c1-32-20-6-4-19(5-7-20)30-24(31)16(12-29)8-15-9-17(25)10-21(26)23(15)33-13-14-2-3-18(27)11-22(14)28/h2-11H,13H2,1H3,(H,30,31)/b16-8+. The second-order valence-corrected chi connectivity index (χ2v) is 9.30. The van der Waals surface area contributed by atoms with Crippen LogP contribution >= 0.6 is 55.1 Å². The summed E-state index contributed by atoms with van der Waals surface area (Å²) < 4.78 is 12.5. The van der Waals surface area contributed by atoms with E-state index in [2.05, 4.69) is 37.2 Å². The first-order valence-corrected chi connectivity index (χ1v) is 11.8. The van der Waals surface area contributed by atoms with Crippen molar-refractivity contribution in [1.29, 1.82) is 5.26 Å². The molecule has 0 bridgehead atoms. The van der Waals surface area contributed by atoms with Gasteiger partial charge >= 0.3 is 0 Å². The first-order chi connectivity index (χ1) is 15.8. The number of benzene rings is 3. The molecule has 168 valence electrons. The Labute approximate surface area is 218 Å². The number of halogens is 4. The minimum Gasteiger partial charge on any atom is -0.497 e. The Balaban J connectivity index is 1.87. The maximum Gasteiger partial charge on any atom is 0.266 e. The molecule has 1 amide bonds. The summed E-state index contributed by atoms with van der Waals surface area (Å²) in [6.07, 6.45) is 1.47. The lowest BCUT2D eigenvalue weighted by molar-refractivity contribution is -0.112. The molecular weight excluding hydrogens is 595 g/mol. The van der Waals surface area contributed by atoms with Gasteiger partial charge < -0.3 is 14.8 Å². The van der Waals surface area contributed by atoms with Crippen molar-refractivity contribution < 1.29 is 14.3 Å². The van der Waals surface area contributed by atoms with Crippen LogP contribution in [0.4, 0.5) is 5.69 Å². The van der Waals surface area contributed by atoms with Crippen LogP contribution in [0.25, 0.3) is 6.08 Å². The lowest BCUT2D eigenvalue weighted by atomic mass is 10.1. The van der Waals surface area contributed by atoms with Crippen molar-refractivity contribution in [2.45, 2.75) is 6.61 Å². The second kappa shape index (κ2) is 11.6. The molecule has 0 aliphatic rings. The van der Waals surface area contributed by atoms with Crippen LogP contribution in [0.1, 0.15) is 11.1 Å². The highest BCUT2D eigenvalue weighted by atomic mass is 79.9. The molecule has 0 fully saturated rings. The highest BCUT2D eigenvalue weighted by Crippen LogP contribution is 2.35. The SMILES string of the molecule is COc1ccc(NC(=O)/C(C#N)=C/c2cc(Br)cc(Br)c2OCc2ccc(Cl)cc2Cl)cc1. The van der Waals surface area contributed by atoms with Gasteiger partial charge in [-0.25, -0.2) is 0 Å². The third-order valence-electron chi connectivity index (χ3n) is 4.44. The fourth-order valence-corrected chi connectivity index (χ4v) is 4.64. The van der Waals surface area contributed by atoms with Crippen molar-refractivity contribution >= 4 is 72.7 Å². The summed E-state index contributed by atoms with van der Waals surface area (Å²) >= 11 is 19.1. The van der Waals surface area contributed by atoms with Gasteiger partial charge in [0.05, 0.1) is 11.6 Å². The van der Waals surface area contributed by atoms with Gasteiger partial charge in [0.15, 0.2) is 0 Å². The van der Waals surface area contributed by atoms with E-state index >= 15 is 0 Å². The number of nitriles is 1. The van der Waals surface area contributed by atoms with E-state index in [1.165, 1.54) is 6.08 Å². The number of hydrogen-bond acceptors (Lipinski definition) is 4. The van der Waals surface area contributed by atoms with Gasteiger partial charge in [0.2, 0.25) is 0 Å². The third-order valence-corrected chi connectivity index (χ3v) is 6.07. The number of anilines is 1. The van der Waals surface area contributed by atoms with Gasteiger partial charge in [-0.3, -0.25) is 4.79 Å². The molecule has 0 heterocycles. The molecule has 0 saturated heterocycles. The zero-order chi connectivity index (χ0) is 24.0. The van der Waals surface area contributed by atoms with Crippen molar-refractivity contribution in [3.63, 3.8) is 0 Å². The van der Waals surface area contributed by atoms with Crippen molar-refractivity contribution in [2.24, 2.45) is 0 Å². The molecule has 0 aromatic heterocycles. The van der Waals surface area contributed by atoms with Crippen LogP contribution in [0.2, 0.25) is 10.0 Å². The minimum absolute atomic E-state index is 0.0924. The molecule has 3 rings (SSSR count). The molecule has 0 radical (unpaired) electrons. The summed E-state index contributed by atoms with van der Waals surface area (Å²) in [7, 11) is 1.56. The number of carbonyl (C=O) groups excluding carboxylic acids is 1. The summed E-state index contributed by atoms with van der Waals surface area (Å²) in [5.74, 6) is 0.560. The maximum absolute atomic E-state index is 12.7. The number of amides is 1. The number of nitrogens with one attached hydrogen (secondary N) is 1. The zero-order valence-electron chi connectivity index (χ0n) is 17.2. The summed E-state index contributed by atoms with van der Waals surface area (Å²) in [4.78, 5) is 12.7. The van der Waals surface area contributed by atoms with Crippen molar-refractivity contribution in [3.05, 3.63) is 90.3 Å². The Bertz CT molecular complexity index is 1260. The van der Waals surface area contributed by atoms with Crippen LogP contribution in [0.3, 0.4) is 0 Å². The predicted octanol–water partition coefficient (Wildman–Crippen LogP) is 7.65. The Morgan fingerprint density at radius 3 is 2.48 bits per heavy atom. The topological polar surface area (TPSA) is 71.3 Å². The largest absolute Gasteiger partial charge is 0.497 e. The van der Waals surface area contributed by atoms with Gasteiger partial charge in [-0.05, 0) is 70.5 Å². The number of rotatable bonds is 7. The fraction of sp³-hybridized carbons (Fsp3) is 0.0833. The first-order valence-electron chi connectivity index (χ1n) is 9.43. The van der Waals surface area contributed by atoms with Gasteiger partial charge in [-0.2, -0.15) is 5.26 Å². The molecule has 3 aromatic carbocycles. The van der Waals surface area contributed by atoms with Crippen molar-refractivity contribution in [1.82, 2.24) is 0 Å². The van der Waals surface area contributed by atoms with Gasteiger partial charge in [-0.1, -0.05) is 45.2 Å². The number of carbonyl (C=O) groups is 1. The van der Waals surface area contributed by atoms with E-state index in [0.717, 1.165) is 10.0 Å². The molecule has 0 spiro atoms. The van der Waals surface area contributed by atoms with Crippen LogP contribution in [0, 0.1) is 11.3 Å². The third kappa shape index (κ3) is 6.75. The van der Waals surface area contributed by atoms with Crippen molar-refractivity contribution in [3.8, 4) is 17.6 Å². The zero-order valence-corrected chi connectivity index (χ0v) is 21.8. The Hall–Kier alpha value is -2.50. The smallest absolute Gasteiger partial charge is 0.266 e. The number of hydrogen-bond donors (Lipinski definition) is 1. The summed E-state index contributed by atoms with van der Waals surface area (Å²) in [5, 5.41) is 13.3. The lowest BCUT2D eigenvalue weighted by Gasteiger charge is -2.14. The molecule has 0 aliphatic carbocycles. The van der Waals surface area contributed by atoms with Gasteiger partial charge in [-0.15, -0.1) is 0 Å². The highest BCUT2D eigenvalue weighted by Gasteiger charge is 2.15.